The quantitative estimate of drug-likeness (QED) is 0.776. The third-order valence-electron chi connectivity index (χ3n) is 2.74. The number of imidazole rings is 1. The molecule has 3 aromatic rings. The predicted molar refractivity (Wildman–Crippen MR) is 78.8 cm³/mol. The molecule has 20 heavy (non-hydrogen) atoms. The Balaban J connectivity index is 1.81. The fourth-order valence-corrected chi connectivity index (χ4v) is 2.42. The van der Waals surface area contributed by atoms with Gasteiger partial charge in [-0.05, 0) is 19.1 Å². The molecule has 0 unspecified atom stereocenters. The van der Waals surface area contributed by atoms with Crippen molar-refractivity contribution in [1.82, 2.24) is 15.0 Å². The van der Waals surface area contributed by atoms with Crippen molar-refractivity contribution in [2.75, 3.05) is 5.32 Å². The van der Waals surface area contributed by atoms with Crippen LogP contribution in [0.25, 0.3) is 11.4 Å². The Morgan fingerprint density at radius 3 is 3.00 bits per heavy atom. The minimum atomic E-state index is -0.203. The molecule has 3 rings (SSSR count). The monoisotopic (exact) mass is 284 g/mol. The van der Waals surface area contributed by atoms with E-state index in [0.717, 1.165) is 22.1 Å². The lowest BCUT2D eigenvalue weighted by Crippen LogP contribution is -2.12. The number of amides is 1. The summed E-state index contributed by atoms with van der Waals surface area (Å²) in [5.41, 5.74) is 2.08. The lowest BCUT2D eigenvalue weighted by Gasteiger charge is -2.05. The van der Waals surface area contributed by atoms with E-state index < -0.39 is 0 Å². The number of aromatic amines is 1. The number of benzene rings is 1. The van der Waals surface area contributed by atoms with E-state index in [1.807, 2.05) is 31.2 Å². The molecule has 0 saturated heterocycles. The van der Waals surface area contributed by atoms with Crippen molar-refractivity contribution in [3.8, 4) is 11.4 Å². The summed E-state index contributed by atoms with van der Waals surface area (Å²) < 4.78 is 0. The highest BCUT2D eigenvalue weighted by atomic mass is 32.1. The average Bonchev–Trinajstić information content (AvgIpc) is 3.10. The summed E-state index contributed by atoms with van der Waals surface area (Å²) in [6.07, 6.45) is 3.46. The Morgan fingerprint density at radius 2 is 2.30 bits per heavy atom. The van der Waals surface area contributed by atoms with Gasteiger partial charge < -0.3 is 10.3 Å². The molecular formula is C14H12N4OS. The molecule has 2 N–H and O–H groups in total. The molecule has 0 atom stereocenters. The minimum Gasteiger partial charge on any atom is -0.345 e. The number of hydrogen-bond donors (Lipinski definition) is 2. The predicted octanol–water partition coefficient (Wildman–Crippen LogP) is 3.09. The van der Waals surface area contributed by atoms with Crippen LogP contribution in [0.4, 0.5) is 5.69 Å². The van der Waals surface area contributed by atoms with Crippen LogP contribution in [0.15, 0.2) is 42.0 Å². The number of thiazole rings is 1. The molecule has 5 nitrogen and oxygen atoms in total. The van der Waals surface area contributed by atoms with Crippen molar-refractivity contribution in [1.29, 1.82) is 0 Å². The normalized spacial score (nSPS) is 10.4. The fourth-order valence-electron chi connectivity index (χ4n) is 1.83. The van der Waals surface area contributed by atoms with Crippen LogP contribution < -0.4 is 5.32 Å². The van der Waals surface area contributed by atoms with E-state index in [0.29, 0.717) is 5.69 Å². The molecule has 0 aliphatic rings. The minimum absolute atomic E-state index is 0.203. The van der Waals surface area contributed by atoms with Gasteiger partial charge in [0, 0.05) is 29.0 Å². The smallest absolute Gasteiger partial charge is 0.275 e. The molecular weight excluding hydrogens is 272 g/mol. The molecule has 0 saturated carbocycles. The summed E-state index contributed by atoms with van der Waals surface area (Å²) in [7, 11) is 0. The summed E-state index contributed by atoms with van der Waals surface area (Å²) >= 11 is 1.46. The van der Waals surface area contributed by atoms with Gasteiger partial charge in [-0.25, -0.2) is 9.97 Å². The van der Waals surface area contributed by atoms with E-state index >= 15 is 0 Å². The van der Waals surface area contributed by atoms with Crippen LogP contribution in [-0.4, -0.2) is 20.9 Å². The van der Waals surface area contributed by atoms with Crippen LogP contribution in [0.2, 0.25) is 0 Å². The first-order valence-corrected chi connectivity index (χ1v) is 6.93. The number of aromatic nitrogens is 3. The molecule has 1 amide bonds. The van der Waals surface area contributed by atoms with Gasteiger partial charge in [-0.2, -0.15) is 0 Å². The highest BCUT2D eigenvalue weighted by Gasteiger charge is 2.10. The summed E-state index contributed by atoms with van der Waals surface area (Å²) in [6.45, 7) is 1.87. The SMILES string of the molecule is Cc1nc(C(=O)Nc2cccc(-c3ncc[nH]3)c2)cs1. The average molecular weight is 284 g/mol. The fraction of sp³-hybridized carbons (Fsp3) is 0.0714. The molecule has 2 aromatic heterocycles. The first-order valence-electron chi connectivity index (χ1n) is 6.06. The number of carbonyl (C=O) groups excluding carboxylic acids is 1. The first kappa shape index (κ1) is 12.6. The Hall–Kier alpha value is -2.47. The van der Waals surface area contributed by atoms with Gasteiger partial charge in [0.25, 0.3) is 5.91 Å². The lowest BCUT2D eigenvalue weighted by atomic mass is 10.2. The van der Waals surface area contributed by atoms with Crippen LogP contribution in [0.1, 0.15) is 15.5 Å². The Kier molecular flexibility index (Phi) is 3.30. The van der Waals surface area contributed by atoms with Crippen LogP contribution in [0, 0.1) is 6.92 Å². The number of H-pyrrole nitrogens is 1. The third kappa shape index (κ3) is 2.60. The maximum absolute atomic E-state index is 12.0. The van der Waals surface area contributed by atoms with E-state index in [1.165, 1.54) is 11.3 Å². The van der Waals surface area contributed by atoms with Gasteiger partial charge in [-0.15, -0.1) is 11.3 Å². The lowest BCUT2D eigenvalue weighted by molar-refractivity contribution is 0.102. The summed E-state index contributed by atoms with van der Waals surface area (Å²) in [5, 5.41) is 5.46. The van der Waals surface area contributed by atoms with Crippen LogP contribution >= 0.6 is 11.3 Å². The van der Waals surface area contributed by atoms with Crippen LogP contribution in [-0.2, 0) is 0 Å². The van der Waals surface area contributed by atoms with Gasteiger partial charge in [0.15, 0.2) is 0 Å². The van der Waals surface area contributed by atoms with Gasteiger partial charge in [-0.1, -0.05) is 12.1 Å². The largest absolute Gasteiger partial charge is 0.345 e. The van der Waals surface area contributed by atoms with Crippen LogP contribution in [0.5, 0.6) is 0 Å². The van der Waals surface area contributed by atoms with Crippen molar-refractivity contribution >= 4 is 22.9 Å². The molecule has 0 spiro atoms. The summed E-state index contributed by atoms with van der Waals surface area (Å²) in [5.74, 6) is 0.566. The summed E-state index contributed by atoms with van der Waals surface area (Å²) in [6, 6.07) is 7.51. The number of carbonyl (C=O) groups is 1. The van der Waals surface area contributed by atoms with Crippen molar-refractivity contribution in [3.05, 3.63) is 52.7 Å². The molecule has 1 aromatic carbocycles. The highest BCUT2D eigenvalue weighted by Crippen LogP contribution is 2.19. The first-order chi connectivity index (χ1) is 9.72. The van der Waals surface area contributed by atoms with Crippen molar-refractivity contribution in [3.63, 3.8) is 0 Å². The molecule has 6 heteroatoms. The number of hydrogen-bond acceptors (Lipinski definition) is 4. The highest BCUT2D eigenvalue weighted by molar-refractivity contribution is 7.09. The van der Waals surface area contributed by atoms with Crippen molar-refractivity contribution < 1.29 is 4.79 Å². The van der Waals surface area contributed by atoms with Crippen LogP contribution in [0.3, 0.4) is 0 Å². The number of nitrogens with one attached hydrogen (secondary N) is 2. The zero-order valence-corrected chi connectivity index (χ0v) is 11.6. The van der Waals surface area contributed by atoms with Gasteiger partial charge >= 0.3 is 0 Å². The zero-order valence-electron chi connectivity index (χ0n) is 10.8. The standard InChI is InChI=1S/C14H12N4OS/c1-9-17-12(8-20-9)14(19)18-11-4-2-3-10(7-11)13-15-5-6-16-13/h2-8H,1H3,(H,15,16)(H,18,19). The molecule has 100 valence electrons. The maximum Gasteiger partial charge on any atom is 0.275 e. The van der Waals surface area contributed by atoms with Gasteiger partial charge in [0.05, 0.1) is 5.01 Å². The van der Waals surface area contributed by atoms with E-state index in [1.54, 1.807) is 17.8 Å². The van der Waals surface area contributed by atoms with E-state index in [9.17, 15) is 4.79 Å². The van der Waals surface area contributed by atoms with Gasteiger partial charge in [0.1, 0.15) is 11.5 Å². The Morgan fingerprint density at radius 1 is 1.40 bits per heavy atom. The molecule has 0 aliphatic carbocycles. The second-order valence-corrected chi connectivity index (χ2v) is 5.29. The number of aryl methyl sites for hydroxylation is 1. The topological polar surface area (TPSA) is 70.7 Å². The second kappa shape index (κ2) is 5.26. The maximum atomic E-state index is 12.0. The molecule has 0 fully saturated rings. The van der Waals surface area contributed by atoms with Crippen molar-refractivity contribution in [2.24, 2.45) is 0 Å². The van der Waals surface area contributed by atoms with Crippen molar-refractivity contribution in [2.45, 2.75) is 6.92 Å². The van der Waals surface area contributed by atoms with Gasteiger partial charge in [-0.3, -0.25) is 4.79 Å². The molecule has 0 radical (unpaired) electrons. The van der Waals surface area contributed by atoms with E-state index in [-0.39, 0.29) is 5.91 Å². The Labute approximate surface area is 119 Å². The number of rotatable bonds is 3. The second-order valence-electron chi connectivity index (χ2n) is 4.22. The number of nitrogens with zero attached hydrogens (tertiary/aromatic N) is 2. The van der Waals surface area contributed by atoms with Gasteiger partial charge in [0.2, 0.25) is 0 Å². The van der Waals surface area contributed by atoms with E-state index in [2.05, 4.69) is 20.3 Å². The third-order valence-corrected chi connectivity index (χ3v) is 3.52. The molecule has 0 aliphatic heterocycles. The zero-order chi connectivity index (χ0) is 13.9. The summed E-state index contributed by atoms with van der Waals surface area (Å²) in [4.78, 5) is 23.4. The molecule has 2 heterocycles. The Bertz CT molecular complexity index is 733. The van der Waals surface area contributed by atoms with E-state index in [4.69, 9.17) is 0 Å². The number of anilines is 1. The molecule has 0 bridgehead atoms.